The fraction of sp³-hybridized carbons (Fsp3) is 0.409. The van der Waals surface area contributed by atoms with E-state index >= 15 is 0 Å². The Hall–Kier alpha value is -1.61. The van der Waals surface area contributed by atoms with Crippen LogP contribution in [0.3, 0.4) is 0 Å². The van der Waals surface area contributed by atoms with Gasteiger partial charge in [-0.3, -0.25) is 19.3 Å². The topological polar surface area (TPSA) is 202 Å². The number of fused-ring (bicyclic) bond motifs is 3. The Bertz CT molecular complexity index is 1190. The molecule has 34 heavy (non-hydrogen) atoms. The van der Waals surface area contributed by atoms with Gasteiger partial charge in [0, 0.05) is 0 Å². The van der Waals surface area contributed by atoms with Crippen molar-refractivity contribution in [3.63, 3.8) is 0 Å². The Morgan fingerprint density at radius 3 is 2.24 bits per heavy atom. The van der Waals surface area contributed by atoms with E-state index in [4.69, 9.17) is 5.73 Å². The first-order valence-electron chi connectivity index (χ1n) is 10.1. The molecule has 0 bridgehead atoms. The van der Waals surface area contributed by atoms with Crippen LogP contribution in [0.15, 0.2) is 40.9 Å². The van der Waals surface area contributed by atoms with Gasteiger partial charge in [-0.25, -0.2) is 0 Å². The zero-order valence-corrected chi connectivity index (χ0v) is 18.0. The average molecular weight is 501 g/mol. The van der Waals surface area contributed by atoms with Gasteiger partial charge < -0.3 is 36.4 Å². The first kappa shape index (κ1) is 27.0. The fourth-order valence-electron chi connectivity index (χ4n) is 5.60. The van der Waals surface area contributed by atoms with Gasteiger partial charge in [-0.05, 0) is 32.6 Å². The number of phenols is 1. The monoisotopic (exact) mass is 500 g/mol. The van der Waals surface area contributed by atoms with Crippen LogP contribution in [0.2, 0.25) is 0 Å². The van der Waals surface area contributed by atoms with Crippen LogP contribution in [0, 0.1) is 11.8 Å². The van der Waals surface area contributed by atoms with Crippen LogP contribution in [0.5, 0.6) is 5.75 Å². The summed E-state index contributed by atoms with van der Waals surface area (Å²) in [6.07, 6.45) is -1.87. The number of Topliss-reactive ketones (excluding diaryl/α,β-unsaturated/α-hetero) is 2. The van der Waals surface area contributed by atoms with Crippen LogP contribution in [-0.4, -0.2) is 136 Å². The van der Waals surface area contributed by atoms with E-state index in [9.17, 15) is 45.0 Å². The third-order valence-electron chi connectivity index (χ3n) is 7.04. The van der Waals surface area contributed by atoms with E-state index in [1.54, 1.807) is 0 Å². The van der Waals surface area contributed by atoms with Crippen molar-refractivity contribution in [3.05, 3.63) is 52.0 Å². The zero-order chi connectivity index (χ0) is 24.8. The second-order valence-electron chi connectivity index (χ2n) is 9.06. The summed E-state index contributed by atoms with van der Waals surface area (Å²) in [7, 11) is 2.85. The van der Waals surface area contributed by atoms with Crippen molar-refractivity contribution in [2.75, 3.05) is 14.1 Å². The van der Waals surface area contributed by atoms with Gasteiger partial charge in [0.05, 0.1) is 40.7 Å². The summed E-state index contributed by atoms with van der Waals surface area (Å²) in [4.78, 5) is 39.8. The van der Waals surface area contributed by atoms with Crippen molar-refractivity contribution in [2.24, 2.45) is 17.6 Å². The van der Waals surface area contributed by atoms with Gasteiger partial charge in [0.25, 0.3) is 5.91 Å². The molecule has 0 unspecified atom stereocenters. The molecule has 3 aliphatic rings. The van der Waals surface area contributed by atoms with E-state index < -0.39 is 81.1 Å². The molecule has 1 aromatic carbocycles. The Labute approximate surface area is 236 Å². The number of benzene rings is 1. The van der Waals surface area contributed by atoms with Crippen LogP contribution < -0.4 is 5.73 Å². The van der Waals surface area contributed by atoms with Gasteiger partial charge in [0.1, 0.15) is 22.8 Å². The Balaban J connectivity index is 0.00000324. The van der Waals surface area contributed by atoms with E-state index in [-0.39, 0.29) is 62.5 Å². The Morgan fingerprint density at radius 1 is 1.12 bits per heavy atom. The molecule has 12 heteroatoms. The number of phenolic OH excluding ortho intramolecular Hbond substituents is 1. The first-order valence-corrected chi connectivity index (χ1v) is 10.1. The number of aromatic hydroxyl groups is 1. The zero-order valence-electron chi connectivity index (χ0n) is 18.0. The van der Waals surface area contributed by atoms with E-state index in [0.29, 0.717) is 0 Å². The summed E-state index contributed by atoms with van der Waals surface area (Å²) in [6, 6.07) is 2.54. The number of ketones is 2. The van der Waals surface area contributed by atoms with Gasteiger partial charge in [-0.15, -0.1) is 0 Å². The molecule has 0 saturated carbocycles. The van der Waals surface area contributed by atoms with Crippen molar-refractivity contribution in [1.82, 2.24) is 4.90 Å². The van der Waals surface area contributed by atoms with Crippen molar-refractivity contribution in [2.45, 2.75) is 30.3 Å². The molecule has 0 saturated heterocycles. The summed E-state index contributed by atoms with van der Waals surface area (Å²) in [5.41, 5.74) is -1.88. The fourth-order valence-corrected chi connectivity index (χ4v) is 5.60. The van der Waals surface area contributed by atoms with Gasteiger partial charge in [-0.2, -0.15) is 0 Å². The second-order valence-corrected chi connectivity index (χ2v) is 9.06. The van der Waals surface area contributed by atoms with E-state index in [2.05, 4.69) is 0 Å². The van der Waals surface area contributed by atoms with Crippen LogP contribution in [0.25, 0.3) is 0 Å². The molecule has 0 aromatic heterocycles. The molecule has 0 fully saturated rings. The van der Waals surface area contributed by atoms with Crippen molar-refractivity contribution in [3.8, 4) is 5.75 Å². The maximum absolute atomic E-state index is 13.3. The Kier molecular flexibility index (Phi) is 6.75. The number of nitrogens with zero attached hydrogens (tertiary/aromatic N) is 1. The third kappa shape index (κ3) is 3.21. The Morgan fingerprint density at radius 2 is 1.71 bits per heavy atom. The third-order valence-corrected chi connectivity index (χ3v) is 7.04. The number of hydrogen-bond acceptors (Lipinski definition) is 10. The summed E-state index contributed by atoms with van der Waals surface area (Å²) >= 11 is 0. The van der Waals surface area contributed by atoms with Crippen LogP contribution in [-0.2, 0) is 15.2 Å². The molecule has 4 rings (SSSR count). The molecule has 1 amide bonds. The number of primary amides is 1. The summed E-state index contributed by atoms with van der Waals surface area (Å²) < 4.78 is 0. The van der Waals surface area contributed by atoms with Crippen molar-refractivity contribution in [1.29, 1.82) is 0 Å². The molecule has 1 aromatic rings. The number of rotatable bonds is 2. The molecule has 0 aliphatic heterocycles. The second kappa shape index (κ2) is 8.50. The number of aliphatic hydroxyl groups is 5. The molecule has 0 spiro atoms. The first-order chi connectivity index (χ1) is 15.2. The number of aliphatic hydroxyl groups excluding tert-OH is 3. The molecule has 8 N–H and O–H groups in total. The van der Waals surface area contributed by atoms with Crippen LogP contribution in [0.4, 0.5) is 0 Å². The van der Waals surface area contributed by atoms with Gasteiger partial charge in [0.15, 0.2) is 11.4 Å². The molecular weight excluding hydrogens is 475 g/mol. The minimum absolute atomic E-state index is 0. The van der Waals surface area contributed by atoms with Gasteiger partial charge in [0.2, 0.25) is 5.78 Å². The number of carbonyl (C=O) groups is 3. The normalized spacial score (nSPS) is 34.9. The van der Waals surface area contributed by atoms with Crippen LogP contribution >= 0.6 is 0 Å². The van der Waals surface area contributed by atoms with E-state index in [1.165, 1.54) is 44.1 Å². The molecule has 3 aliphatic carbocycles. The maximum atomic E-state index is 13.3. The number of hydrogen-bond donors (Lipinski definition) is 7. The minimum atomic E-state index is -3.02. The molecule has 178 valence electrons. The predicted octanol–water partition coefficient (Wildman–Crippen LogP) is -1.89. The average Bonchev–Trinajstić information content (AvgIpc) is 2.70. The SMILES string of the molecule is CN(C)[C@@H]1C(O)=C(C(N)=O)C(=O)[C@@]2(O)C(O)=C3C(=O)c4c(O)cccc4[C@@](C)(O)[C@H]3[C@H](O)[C@@H]12.[KH]. The van der Waals surface area contributed by atoms with Crippen molar-refractivity contribution < 1.29 is 45.0 Å². The van der Waals surface area contributed by atoms with E-state index in [0.717, 1.165) is 0 Å². The summed E-state index contributed by atoms with van der Waals surface area (Å²) in [5.74, 6) is -9.66. The molecule has 6 atom stereocenters. The molecule has 0 heterocycles. The number of likely N-dealkylation sites (N-methyl/N-ethyl adjacent to an activating group) is 1. The summed E-state index contributed by atoms with van der Waals surface area (Å²) in [6.45, 7) is 1.25. The predicted molar refractivity (Wildman–Crippen MR) is 118 cm³/mol. The summed E-state index contributed by atoms with van der Waals surface area (Å²) in [5, 5.41) is 66.5. The van der Waals surface area contributed by atoms with Crippen molar-refractivity contribution >= 4 is 68.9 Å². The molecule has 11 nitrogen and oxygen atoms in total. The van der Waals surface area contributed by atoms with E-state index in [1.807, 2.05) is 0 Å². The number of carbonyl (C=O) groups excluding carboxylic acids is 3. The number of nitrogens with two attached hydrogens (primary N) is 1. The molecule has 0 radical (unpaired) electrons. The standard InChI is InChI=1S/C22H24N2O9.K.H/c1-21(32)7-5-4-6-8(25)9(7)15(26)10-12(21)17(28)13-14(24(2)3)16(27)11(20(23)31)19(30)22(13,33)18(10)29;;/h4-6,12-14,17,25,27-29,32-33H,1-3H3,(H2,23,31);;/t12-,13-,14+,17+,21-,22+;;/m1../s1. The quantitative estimate of drug-likeness (QED) is 0.178. The number of amides is 1. The van der Waals surface area contributed by atoms with Crippen LogP contribution in [0.1, 0.15) is 22.8 Å². The van der Waals surface area contributed by atoms with Gasteiger partial charge in [-0.1, -0.05) is 12.1 Å². The van der Waals surface area contributed by atoms with Gasteiger partial charge >= 0.3 is 51.4 Å². The molecular formula is C22H25KN2O9.